The second-order valence-corrected chi connectivity index (χ2v) is 4.84. The first-order valence-electron chi connectivity index (χ1n) is 6.80. The van der Waals surface area contributed by atoms with Crippen molar-refractivity contribution in [2.75, 3.05) is 13.1 Å². The van der Waals surface area contributed by atoms with Gasteiger partial charge in [0.15, 0.2) is 0 Å². The minimum Gasteiger partial charge on any atom is -0.336 e. The summed E-state index contributed by atoms with van der Waals surface area (Å²) < 4.78 is 0. The van der Waals surface area contributed by atoms with E-state index in [0.29, 0.717) is 19.5 Å². The monoisotopic (exact) mass is 260 g/mol. The molecule has 0 fully saturated rings. The lowest BCUT2D eigenvalue weighted by Gasteiger charge is -2.27. The van der Waals surface area contributed by atoms with Crippen LogP contribution in [0.3, 0.4) is 0 Å². The molecule has 0 atom stereocenters. The molecule has 0 saturated heterocycles. The molecule has 19 heavy (non-hydrogen) atoms. The predicted octanol–water partition coefficient (Wildman–Crippen LogP) is 2.59. The van der Waals surface area contributed by atoms with Crippen LogP contribution in [-0.4, -0.2) is 29.9 Å². The normalized spacial score (nSPS) is 10.5. The third kappa shape index (κ3) is 5.71. The minimum atomic E-state index is 0.190. The van der Waals surface area contributed by atoms with Gasteiger partial charge in [-0.2, -0.15) is 0 Å². The third-order valence-corrected chi connectivity index (χ3v) is 2.94. The van der Waals surface area contributed by atoms with Crippen molar-refractivity contribution >= 4 is 5.91 Å². The standard InChI is InChI=1S/C16H24N2O/c1-4-11-17-12-10-16(19)18(14(2)3)13-15-8-6-5-7-9-15/h4-9,14,17H,1,10-13H2,2-3H3. The number of carbonyl (C=O) groups excluding carboxylic acids is 1. The van der Waals surface area contributed by atoms with E-state index >= 15 is 0 Å². The molecule has 0 bridgehead atoms. The van der Waals surface area contributed by atoms with Crippen LogP contribution in [0.4, 0.5) is 0 Å². The summed E-state index contributed by atoms with van der Waals surface area (Å²) in [6, 6.07) is 10.3. The molecule has 0 aromatic heterocycles. The molecule has 0 heterocycles. The molecule has 1 aromatic rings. The van der Waals surface area contributed by atoms with Crippen molar-refractivity contribution in [3.8, 4) is 0 Å². The summed E-state index contributed by atoms with van der Waals surface area (Å²) in [4.78, 5) is 14.1. The van der Waals surface area contributed by atoms with Crippen LogP contribution in [0.15, 0.2) is 43.0 Å². The van der Waals surface area contributed by atoms with E-state index in [9.17, 15) is 4.79 Å². The average Bonchev–Trinajstić information content (AvgIpc) is 2.41. The second-order valence-electron chi connectivity index (χ2n) is 4.84. The summed E-state index contributed by atoms with van der Waals surface area (Å²) in [5.41, 5.74) is 1.17. The number of hydrogen-bond acceptors (Lipinski definition) is 2. The van der Waals surface area contributed by atoms with Crippen LogP contribution in [0.2, 0.25) is 0 Å². The molecule has 0 spiro atoms. The molecule has 0 aliphatic carbocycles. The fourth-order valence-corrected chi connectivity index (χ4v) is 1.88. The number of nitrogens with one attached hydrogen (secondary N) is 1. The van der Waals surface area contributed by atoms with E-state index in [-0.39, 0.29) is 11.9 Å². The van der Waals surface area contributed by atoms with Crippen LogP contribution in [0.25, 0.3) is 0 Å². The highest BCUT2D eigenvalue weighted by Crippen LogP contribution is 2.09. The smallest absolute Gasteiger partial charge is 0.224 e. The Bertz CT molecular complexity index is 387. The lowest BCUT2D eigenvalue weighted by molar-refractivity contribution is -0.133. The van der Waals surface area contributed by atoms with Gasteiger partial charge in [-0.15, -0.1) is 6.58 Å². The summed E-state index contributed by atoms with van der Waals surface area (Å²) in [5, 5.41) is 3.16. The zero-order chi connectivity index (χ0) is 14.1. The highest BCUT2D eigenvalue weighted by Gasteiger charge is 2.16. The van der Waals surface area contributed by atoms with Crippen LogP contribution < -0.4 is 5.32 Å². The van der Waals surface area contributed by atoms with Crippen LogP contribution in [-0.2, 0) is 11.3 Å². The average molecular weight is 260 g/mol. The maximum Gasteiger partial charge on any atom is 0.224 e. The Morgan fingerprint density at radius 2 is 2.05 bits per heavy atom. The van der Waals surface area contributed by atoms with Gasteiger partial charge in [-0.05, 0) is 19.4 Å². The maximum absolute atomic E-state index is 12.2. The fraction of sp³-hybridized carbons (Fsp3) is 0.438. The van der Waals surface area contributed by atoms with E-state index in [1.807, 2.05) is 23.1 Å². The molecule has 1 N–H and O–H groups in total. The molecule has 3 nitrogen and oxygen atoms in total. The Morgan fingerprint density at radius 1 is 1.37 bits per heavy atom. The highest BCUT2D eigenvalue weighted by molar-refractivity contribution is 5.76. The molecule has 1 amide bonds. The molecule has 104 valence electrons. The largest absolute Gasteiger partial charge is 0.336 e. The SMILES string of the molecule is C=CCNCCC(=O)N(Cc1ccccc1)C(C)C. The summed E-state index contributed by atoms with van der Waals surface area (Å²) in [5.74, 6) is 0.190. The zero-order valence-corrected chi connectivity index (χ0v) is 11.9. The van der Waals surface area contributed by atoms with Crippen LogP contribution >= 0.6 is 0 Å². The summed E-state index contributed by atoms with van der Waals surface area (Å²) in [6.45, 7) is 9.87. The molecule has 0 saturated carbocycles. The lowest BCUT2D eigenvalue weighted by Crippen LogP contribution is -2.37. The third-order valence-electron chi connectivity index (χ3n) is 2.94. The van der Waals surface area contributed by atoms with Crippen molar-refractivity contribution in [2.24, 2.45) is 0 Å². The first-order valence-corrected chi connectivity index (χ1v) is 6.80. The zero-order valence-electron chi connectivity index (χ0n) is 11.9. The molecule has 0 unspecified atom stereocenters. The number of amides is 1. The Balaban J connectivity index is 2.52. The number of benzene rings is 1. The van der Waals surface area contributed by atoms with Gasteiger partial charge in [-0.25, -0.2) is 0 Å². The van der Waals surface area contributed by atoms with Gasteiger partial charge in [0.1, 0.15) is 0 Å². The van der Waals surface area contributed by atoms with Crippen LogP contribution in [0, 0.1) is 0 Å². The van der Waals surface area contributed by atoms with Crippen molar-refractivity contribution in [2.45, 2.75) is 32.9 Å². The van der Waals surface area contributed by atoms with E-state index < -0.39 is 0 Å². The fourth-order valence-electron chi connectivity index (χ4n) is 1.88. The minimum absolute atomic E-state index is 0.190. The Kier molecular flexibility index (Phi) is 6.90. The molecular weight excluding hydrogens is 236 g/mol. The Labute approximate surface area is 116 Å². The van der Waals surface area contributed by atoms with Crippen molar-refractivity contribution < 1.29 is 4.79 Å². The molecule has 1 rings (SSSR count). The van der Waals surface area contributed by atoms with Crippen molar-refractivity contribution in [1.29, 1.82) is 0 Å². The van der Waals surface area contributed by atoms with Gasteiger partial charge >= 0.3 is 0 Å². The van der Waals surface area contributed by atoms with Crippen molar-refractivity contribution in [1.82, 2.24) is 10.2 Å². The van der Waals surface area contributed by atoms with E-state index in [2.05, 4.69) is 37.9 Å². The molecule has 0 radical (unpaired) electrons. The summed E-state index contributed by atoms with van der Waals surface area (Å²) in [6.07, 6.45) is 2.33. The van der Waals surface area contributed by atoms with Crippen LogP contribution in [0.5, 0.6) is 0 Å². The Morgan fingerprint density at radius 3 is 2.63 bits per heavy atom. The second kappa shape index (κ2) is 8.48. The molecule has 3 heteroatoms. The van der Waals surface area contributed by atoms with Gasteiger partial charge in [0, 0.05) is 32.1 Å². The Hall–Kier alpha value is -1.61. The summed E-state index contributed by atoms with van der Waals surface area (Å²) in [7, 11) is 0. The van der Waals surface area contributed by atoms with Gasteiger partial charge in [0.05, 0.1) is 0 Å². The number of rotatable bonds is 8. The molecular formula is C16H24N2O. The van der Waals surface area contributed by atoms with Gasteiger partial charge in [-0.1, -0.05) is 36.4 Å². The van der Waals surface area contributed by atoms with E-state index in [1.54, 1.807) is 6.08 Å². The summed E-state index contributed by atoms with van der Waals surface area (Å²) >= 11 is 0. The molecule has 1 aromatic carbocycles. The van der Waals surface area contributed by atoms with Crippen LogP contribution in [0.1, 0.15) is 25.8 Å². The quantitative estimate of drug-likeness (QED) is 0.575. The van der Waals surface area contributed by atoms with Gasteiger partial charge in [0.2, 0.25) is 5.91 Å². The lowest BCUT2D eigenvalue weighted by atomic mass is 10.1. The maximum atomic E-state index is 12.2. The van der Waals surface area contributed by atoms with Crippen molar-refractivity contribution in [3.63, 3.8) is 0 Å². The molecule has 0 aliphatic heterocycles. The van der Waals surface area contributed by atoms with Crippen molar-refractivity contribution in [3.05, 3.63) is 48.6 Å². The number of nitrogens with zero attached hydrogens (tertiary/aromatic N) is 1. The topological polar surface area (TPSA) is 32.3 Å². The van der Waals surface area contributed by atoms with E-state index in [0.717, 1.165) is 6.54 Å². The first kappa shape index (κ1) is 15.4. The molecule has 0 aliphatic rings. The first-order chi connectivity index (χ1) is 9.15. The number of hydrogen-bond donors (Lipinski definition) is 1. The van der Waals surface area contributed by atoms with Gasteiger partial charge < -0.3 is 10.2 Å². The van der Waals surface area contributed by atoms with E-state index in [1.165, 1.54) is 5.56 Å². The van der Waals surface area contributed by atoms with E-state index in [4.69, 9.17) is 0 Å². The number of carbonyl (C=O) groups is 1. The predicted molar refractivity (Wildman–Crippen MR) is 79.8 cm³/mol. The highest BCUT2D eigenvalue weighted by atomic mass is 16.2. The van der Waals surface area contributed by atoms with Gasteiger partial charge in [0.25, 0.3) is 0 Å². The van der Waals surface area contributed by atoms with Gasteiger partial charge in [-0.3, -0.25) is 4.79 Å².